The van der Waals surface area contributed by atoms with Crippen molar-refractivity contribution in [2.45, 2.75) is 6.61 Å². The number of hydrogen-bond acceptors (Lipinski definition) is 3. The van der Waals surface area contributed by atoms with Crippen LogP contribution in [-0.2, 0) is 11.3 Å². The molecular weight excluding hydrogens is 332 g/mol. The fraction of sp³-hybridized carbons (Fsp3) is 0.0714. The van der Waals surface area contributed by atoms with E-state index in [0.29, 0.717) is 5.56 Å². The van der Waals surface area contributed by atoms with Gasteiger partial charge in [0.05, 0.1) is 10.0 Å². The second kappa shape index (κ2) is 6.00. The molecule has 0 aliphatic carbocycles. The van der Waals surface area contributed by atoms with Crippen LogP contribution in [0.25, 0.3) is 0 Å². The van der Waals surface area contributed by atoms with Gasteiger partial charge in [0.1, 0.15) is 18.2 Å². The number of esters is 1. The summed E-state index contributed by atoms with van der Waals surface area (Å²) in [7, 11) is 0. The predicted molar refractivity (Wildman–Crippen MR) is 74.0 cm³/mol. The van der Waals surface area contributed by atoms with E-state index in [1.807, 2.05) is 0 Å². The third-order valence-corrected chi connectivity index (χ3v) is 3.20. The second-order valence-corrected chi connectivity index (χ2v) is 4.91. The van der Waals surface area contributed by atoms with E-state index in [4.69, 9.17) is 10.5 Å². The Labute approximate surface area is 122 Å². The van der Waals surface area contributed by atoms with Crippen LogP contribution in [0.3, 0.4) is 0 Å². The summed E-state index contributed by atoms with van der Waals surface area (Å²) in [6.07, 6.45) is 0. The molecule has 0 aliphatic heterocycles. The molecule has 0 amide bonds. The van der Waals surface area contributed by atoms with Crippen LogP contribution in [0.4, 0.5) is 14.5 Å². The molecule has 0 saturated carbocycles. The van der Waals surface area contributed by atoms with Gasteiger partial charge in [0.2, 0.25) is 0 Å². The van der Waals surface area contributed by atoms with Gasteiger partial charge in [0.25, 0.3) is 0 Å². The van der Waals surface area contributed by atoms with Crippen LogP contribution in [0.5, 0.6) is 0 Å². The van der Waals surface area contributed by atoms with Gasteiger partial charge in [0, 0.05) is 5.69 Å². The van der Waals surface area contributed by atoms with E-state index in [-0.39, 0.29) is 22.3 Å². The minimum absolute atomic E-state index is 0.0359. The van der Waals surface area contributed by atoms with E-state index in [9.17, 15) is 13.6 Å². The first-order valence-corrected chi connectivity index (χ1v) is 6.43. The number of halogens is 3. The molecule has 2 N–H and O–H groups in total. The van der Waals surface area contributed by atoms with Crippen LogP contribution in [0, 0.1) is 11.6 Å². The van der Waals surface area contributed by atoms with Crippen molar-refractivity contribution in [2.24, 2.45) is 0 Å². The number of ether oxygens (including phenoxy) is 1. The molecule has 0 spiro atoms. The third kappa shape index (κ3) is 3.33. The van der Waals surface area contributed by atoms with Crippen molar-refractivity contribution in [1.82, 2.24) is 0 Å². The summed E-state index contributed by atoms with van der Waals surface area (Å²) < 4.78 is 31.4. The van der Waals surface area contributed by atoms with Crippen molar-refractivity contribution in [3.8, 4) is 0 Å². The Bertz CT molecular complexity index is 662. The molecule has 104 valence electrons. The summed E-state index contributed by atoms with van der Waals surface area (Å²) in [6, 6.07) is 7.70. The Morgan fingerprint density at radius 1 is 1.20 bits per heavy atom. The zero-order chi connectivity index (χ0) is 14.7. The van der Waals surface area contributed by atoms with Crippen LogP contribution in [0.15, 0.2) is 40.9 Å². The first-order chi connectivity index (χ1) is 9.47. The standard InChI is InChI=1S/C14H10BrF2NO2/c15-11-5-8(1-3-12(11)17)7-20-14(19)10-6-9(16)2-4-13(10)18/h1-6H,7,18H2. The summed E-state index contributed by atoms with van der Waals surface area (Å²) in [6.45, 7) is -0.0618. The molecule has 0 aromatic heterocycles. The van der Waals surface area contributed by atoms with Crippen molar-refractivity contribution in [2.75, 3.05) is 5.73 Å². The van der Waals surface area contributed by atoms with Crippen molar-refractivity contribution < 1.29 is 18.3 Å². The van der Waals surface area contributed by atoms with Gasteiger partial charge in [-0.3, -0.25) is 0 Å². The average molecular weight is 342 g/mol. The number of hydrogen-bond donors (Lipinski definition) is 1. The maximum Gasteiger partial charge on any atom is 0.340 e. The lowest BCUT2D eigenvalue weighted by atomic mass is 10.2. The van der Waals surface area contributed by atoms with Crippen molar-refractivity contribution in [3.05, 3.63) is 63.6 Å². The minimum Gasteiger partial charge on any atom is -0.457 e. The Morgan fingerprint density at radius 2 is 1.95 bits per heavy atom. The van der Waals surface area contributed by atoms with Crippen molar-refractivity contribution in [3.63, 3.8) is 0 Å². The van der Waals surface area contributed by atoms with Gasteiger partial charge >= 0.3 is 5.97 Å². The largest absolute Gasteiger partial charge is 0.457 e. The molecule has 0 saturated heterocycles. The lowest BCUT2D eigenvalue weighted by Crippen LogP contribution is -2.08. The Kier molecular flexibility index (Phi) is 4.34. The number of benzene rings is 2. The van der Waals surface area contributed by atoms with Gasteiger partial charge in [-0.15, -0.1) is 0 Å². The van der Waals surface area contributed by atoms with E-state index < -0.39 is 17.6 Å². The monoisotopic (exact) mass is 341 g/mol. The number of nitrogen functional groups attached to an aromatic ring is 1. The zero-order valence-corrected chi connectivity index (χ0v) is 11.8. The number of nitrogens with two attached hydrogens (primary N) is 1. The summed E-state index contributed by atoms with van der Waals surface area (Å²) in [5.74, 6) is -1.72. The van der Waals surface area contributed by atoms with Gasteiger partial charge in [-0.2, -0.15) is 0 Å². The highest BCUT2D eigenvalue weighted by Crippen LogP contribution is 2.19. The molecule has 0 fully saturated rings. The number of rotatable bonds is 3. The summed E-state index contributed by atoms with van der Waals surface area (Å²) in [5, 5.41) is 0. The van der Waals surface area contributed by atoms with Crippen molar-refractivity contribution in [1.29, 1.82) is 0 Å². The lowest BCUT2D eigenvalue weighted by Gasteiger charge is -2.07. The highest BCUT2D eigenvalue weighted by atomic mass is 79.9. The van der Waals surface area contributed by atoms with E-state index in [1.165, 1.54) is 24.3 Å². The maximum absolute atomic E-state index is 13.1. The molecule has 0 atom stereocenters. The van der Waals surface area contributed by atoms with Gasteiger partial charge in [0.15, 0.2) is 0 Å². The Balaban J connectivity index is 2.08. The van der Waals surface area contributed by atoms with Crippen LogP contribution in [0.2, 0.25) is 0 Å². The molecule has 2 aromatic carbocycles. The maximum atomic E-state index is 13.1. The molecule has 0 unspecified atom stereocenters. The van der Waals surface area contributed by atoms with E-state index in [0.717, 1.165) is 12.1 Å². The predicted octanol–water partition coefficient (Wildman–Crippen LogP) is 3.67. The topological polar surface area (TPSA) is 52.3 Å². The summed E-state index contributed by atoms with van der Waals surface area (Å²) in [4.78, 5) is 11.8. The van der Waals surface area contributed by atoms with E-state index in [1.54, 1.807) is 0 Å². The Morgan fingerprint density at radius 3 is 2.65 bits per heavy atom. The molecule has 3 nitrogen and oxygen atoms in total. The first-order valence-electron chi connectivity index (χ1n) is 5.63. The van der Waals surface area contributed by atoms with Gasteiger partial charge in [-0.25, -0.2) is 13.6 Å². The van der Waals surface area contributed by atoms with Crippen molar-refractivity contribution >= 4 is 27.6 Å². The molecule has 0 heterocycles. The molecule has 20 heavy (non-hydrogen) atoms. The fourth-order valence-electron chi connectivity index (χ4n) is 1.56. The lowest BCUT2D eigenvalue weighted by molar-refractivity contribution is 0.0473. The molecule has 2 rings (SSSR count). The van der Waals surface area contributed by atoms with Gasteiger partial charge in [-0.05, 0) is 51.8 Å². The third-order valence-electron chi connectivity index (χ3n) is 2.59. The van der Waals surface area contributed by atoms with Crippen LogP contribution < -0.4 is 5.73 Å². The number of anilines is 1. The van der Waals surface area contributed by atoms with Crippen LogP contribution >= 0.6 is 15.9 Å². The second-order valence-electron chi connectivity index (χ2n) is 4.06. The smallest absolute Gasteiger partial charge is 0.340 e. The van der Waals surface area contributed by atoms with E-state index >= 15 is 0 Å². The molecule has 0 aliphatic rings. The average Bonchev–Trinajstić information content (AvgIpc) is 2.42. The number of carbonyl (C=O) groups excluding carboxylic acids is 1. The molecule has 2 aromatic rings. The molecular formula is C14H10BrF2NO2. The highest BCUT2D eigenvalue weighted by molar-refractivity contribution is 9.10. The molecule has 0 bridgehead atoms. The summed E-state index contributed by atoms with van der Waals surface area (Å²) in [5.41, 5.74) is 6.28. The van der Waals surface area contributed by atoms with Gasteiger partial charge < -0.3 is 10.5 Å². The van der Waals surface area contributed by atoms with Gasteiger partial charge in [-0.1, -0.05) is 6.07 Å². The van der Waals surface area contributed by atoms with Crippen LogP contribution in [0.1, 0.15) is 15.9 Å². The quantitative estimate of drug-likeness (QED) is 0.684. The minimum atomic E-state index is -0.734. The SMILES string of the molecule is Nc1ccc(F)cc1C(=O)OCc1ccc(F)c(Br)c1. The normalized spacial score (nSPS) is 10.3. The highest BCUT2D eigenvalue weighted by Gasteiger charge is 2.13. The fourth-order valence-corrected chi connectivity index (χ4v) is 1.99. The number of carbonyl (C=O) groups is 1. The Hall–Kier alpha value is -1.95. The van der Waals surface area contributed by atoms with E-state index in [2.05, 4.69) is 15.9 Å². The first kappa shape index (κ1) is 14.5. The zero-order valence-electron chi connectivity index (χ0n) is 10.2. The summed E-state index contributed by atoms with van der Waals surface area (Å²) >= 11 is 3.03. The van der Waals surface area contributed by atoms with Crippen LogP contribution in [-0.4, -0.2) is 5.97 Å². The molecule has 6 heteroatoms. The molecule has 0 radical (unpaired) electrons.